The number of nitro groups is 1. The zero-order valence-corrected chi connectivity index (χ0v) is 18.4. The van der Waals surface area contributed by atoms with Crippen molar-refractivity contribution in [1.82, 2.24) is 9.21 Å². The minimum Gasteiger partial charge on any atom is -0.493 e. The van der Waals surface area contributed by atoms with E-state index >= 15 is 0 Å². The molecule has 0 atom stereocenters. The van der Waals surface area contributed by atoms with Gasteiger partial charge in [-0.25, -0.2) is 12.8 Å². The molecule has 0 saturated carbocycles. The minimum absolute atomic E-state index is 0.0963. The summed E-state index contributed by atoms with van der Waals surface area (Å²) in [6, 6.07) is 9.51. The zero-order valence-electron chi connectivity index (χ0n) is 17.6. The topological polar surface area (TPSA) is 110 Å². The Kier molecular flexibility index (Phi) is 7.41. The highest BCUT2D eigenvalue weighted by Crippen LogP contribution is 2.25. The van der Waals surface area contributed by atoms with Crippen LogP contribution in [0.4, 0.5) is 10.1 Å². The van der Waals surface area contributed by atoms with Crippen LogP contribution in [0.5, 0.6) is 5.75 Å². The van der Waals surface area contributed by atoms with Crippen LogP contribution in [0, 0.1) is 22.9 Å². The number of hydrogen-bond donors (Lipinski definition) is 0. The molecule has 1 fully saturated rings. The van der Waals surface area contributed by atoms with Crippen LogP contribution in [0.2, 0.25) is 0 Å². The van der Waals surface area contributed by atoms with Crippen LogP contribution in [0.15, 0.2) is 47.4 Å². The van der Waals surface area contributed by atoms with E-state index < -0.39 is 20.8 Å². The first kappa shape index (κ1) is 23.6. The van der Waals surface area contributed by atoms with Crippen molar-refractivity contribution in [3.8, 4) is 5.75 Å². The van der Waals surface area contributed by atoms with Gasteiger partial charge in [-0.3, -0.25) is 14.9 Å². The molecule has 0 radical (unpaired) electrons. The number of benzene rings is 2. The second-order valence-electron chi connectivity index (χ2n) is 7.40. The summed E-state index contributed by atoms with van der Waals surface area (Å²) < 4.78 is 45.8. The van der Waals surface area contributed by atoms with E-state index in [4.69, 9.17) is 4.74 Å². The Balaban J connectivity index is 1.51. The average molecular weight is 466 g/mol. The molecule has 0 unspecified atom stereocenters. The number of non-ortho nitro benzene ring substituents is 1. The SMILES string of the molecule is Cc1ccc([N+](=O)[O-])cc1S(=O)(=O)N1CCN(C(=O)CCCOc2cccc(F)c2)CC1. The van der Waals surface area contributed by atoms with Crippen molar-refractivity contribution in [2.45, 2.75) is 24.7 Å². The maximum absolute atomic E-state index is 13.1. The van der Waals surface area contributed by atoms with Gasteiger partial charge in [-0.1, -0.05) is 12.1 Å². The molecule has 0 aromatic heterocycles. The summed E-state index contributed by atoms with van der Waals surface area (Å²) in [5.41, 5.74) is 0.135. The Morgan fingerprint density at radius 2 is 1.88 bits per heavy atom. The molecule has 9 nitrogen and oxygen atoms in total. The second-order valence-corrected chi connectivity index (χ2v) is 9.31. The van der Waals surface area contributed by atoms with E-state index in [1.54, 1.807) is 24.0 Å². The Morgan fingerprint density at radius 1 is 1.16 bits per heavy atom. The van der Waals surface area contributed by atoms with Gasteiger partial charge in [-0.2, -0.15) is 4.31 Å². The molecule has 32 heavy (non-hydrogen) atoms. The number of aryl methyl sites for hydroxylation is 1. The van der Waals surface area contributed by atoms with E-state index in [9.17, 15) is 27.7 Å². The molecule has 0 spiro atoms. The summed E-state index contributed by atoms with van der Waals surface area (Å²) in [5.74, 6) is -0.115. The molecule has 2 aromatic carbocycles. The lowest BCUT2D eigenvalue weighted by atomic mass is 10.2. The third-order valence-corrected chi connectivity index (χ3v) is 7.23. The van der Waals surface area contributed by atoms with Gasteiger partial charge in [0.1, 0.15) is 11.6 Å². The second kappa shape index (κ2) is 10.0. The summed E-state index contributed by atoms with van der Waals surface area (Å²) in [5, 5.41) is 11.0. The molecule has 0 N–H and O–H groups in total. The standard InChI is InChI=1S/C21H24FN3O6S/c1-16-7-8-18(25(27)28)15-20(16)32(29,30)24-11-9-23(10-12-24)21(26)6-3-13-31-19-5-2-4-17(22)14-19/h2,4-5,7-8,14-15H,3,6,9-13H2,1H3. The summed E-state index contributed by atoms with van der Waals surface area (Å²) in [4.78, 5) is 24.3. The van der Waals surface area contributed by atoms with Crippen molar-refractivity contribution < 1.29 is 27.3 Å². The third-order valence-electron chi connectivity index (χ3n) is 5.19. The number of sulfonamides is 1. The van der Waals surface area contributed by atoms with Crippen LogP contribution in [0.25, 0.3) is 0 Å². The lowest BCUT2D eigenvalue weighted by Crippen LogP contribution is -2.50. The highest BCUT2D eigenvalue weighted by atomic mass is 32.2. The number of nitrogens with zero attached hydrogens (tertiary/aromatic N) is 3. The number of hydrogen-bond acceptors (Lipinski definition) is 6. The Bertz CT molecular complexity index is 1100. The van der Waals surface area contributed by atoms with Gasteiger partial charge in [0, 0.05) is 50.8 Å². The predicted molar refractivity (Wildman–Crippen MR) is 114 cm³/mol. The fourth-order valence-electron chi connectivity index (χ4n) is 3.43. The van der Waals surface area contributed by atoms with Crippen LogP contribution >= 0.6 is 0 Å². The number of carbonyl (C=O) groups is 1. The highest BCUT2D eigenvalue weighted by Gasteiger charge is 2.32. The number of ether oxygens (including phenoxy) is 1. The largest absolute Gasteiger partial charge is 0.493 e. The van der Waals surface area contributed by atoms with E-state index in [1.807, 2.05) is 0 Å². The molecule has 1 saturated heterocycles. The van der Waals surface area contributed by atoms with Gasteiger partial charge in [-0.15, -0.1) is 0 Å². The van der Waals surface area contributed by atoms with E-state index in [0.29, 0.717) is 17.7 Å². The van der Waals surface area contributed by atoms with E-state index in [1.165, 1.54) is 28.6 Å². The molecule has 0 aliphatic carbocycles. The fraction of sp³-hybridized carbons (Fsp3) is 0.381. The number of piperazine rings is 1. The number of carbonyl (C=O) groups excluding carboxylic acids is 1. The number of amides is 1. The minimum atomic E-state index is -3.91. The molecule has 1 aliphatic heterocycles. The molecule has 3 rings (SSSR count). The number of nitro benzene ring substituents is 1. The van der Waals surface area contributed by atoms with Crippen LogP contribution in [0.1, 0.15) is 18.4 Å². The molecule has 11 heteroatoms. The van der Waals surface area contributed by atoms with Crippen molar-refractivity contribution in [2.24, 2.45) is 0 Å². The smallest absolute Gasteiger partial charge is 0.270 e. The van der Waals surface area contributed by atoms with Crippen molar-refractivity contribution in [1.29, 1.82) is 0 Å². The first-order chi connectivity index (χ1) is 15.2. The fourth-order valence-corrected chi connectivity index (χ4v) is 5.09. The zero-order chi connectivity index (χ0) is 23.3. The lowest BCUT2D eigenvalue weighted by Gasteiger charge is -2.34. The molecular formula is C21H24FN3O6S. The Labute approximate surface area is 185 Å². The number of halogens is 1. The third kappa shape index (κ3) is 5.60. The van der Waals surface area contributed by atoms with Gasteiger partial charge >= 0.3 is 0 Å². The highest BCUT2D eigenvalue weighted by molar-refractivity contribution is 7.89. The van der Waals surface area contributed by atoms with Gasteiger partial charge in [0.2, 0.25) is 15.9 Å². The van der Waals surface area contributed by atoms with Gasteiger partial charge in [0.25, 0.3) is 5.69 Å². The van der Waals surface area contributed by atoms with Crippen LogP contribution in [-0.2, 0) is 14.8 Å². The van der Waals surface area contributed by atoms with Crippen molar-refractivity contribution >= 4 is 21.6 Å². The molecule has 172 valence electrons. The summed E-state index contributed by atoms with van der Waals surface area (Å²) in [7, 11) is -3.91. The van der Waals surface area contributed by atoms with Crippen LogP contribution in [-0.4, -0.2) is 61.2 Å². The van der Waals surface area contributed by atoms with Crippen LogP contribution in [0.3, 0.4) is 0 Å². The first-order valence-electron chi connectivity index (χ1n) is 10.1. The number of rotatable bonds is 8. The molecular weight excluding hydrogens is 441 g/mol. The van der Waals surface area contributed by atoms with Gasteiger partial charge < -0.3 is 9.64 Å². The van der Waals surface area contributed by atoms with Gasteiger partial charge in [0.15, 0.2) is 0 Å². The van der Waals surface area contributed by atoms with Crippen molar-refractivity contribution in [3.63, 3.8) is 0 Å². The summed E-state index contributed by atoms with van der Waals surface area (Å²) in [6.45, 7) is 2.53. The Morgan fingerprint density at radius 3 is 2.53 bits per heavy atom. The monoisotopic (exact) mass is 465 g/mol. The van der Waals surface area contributed by atoms with Crippen molar-refractivity contribution in [2.75, 3.05) is 32.8 Å². The molecule has 2 aromatic rings. The quantitative estimate of drug-likeness (QED) is 0.337. The van der Waals surface area contributed by atoms with E-state index in [2.05, 4.69) is 0 Å². The maximum atomic E-state index is 13.1. The van der Waals surface area contributed by atoms with Crippen LogP contribution < -0.4 is 4.74 Å². The summed E-state index contributed by atoms with van der Waals surface area (Å²) >= 11 is 0. The summed E-state index contributed by atoms with van der Waals surface area (Å²) in [6.07, 6.45) is 0.673. The maximum Gasteiger partial charge on any atom is 0.270 e. The van der Waals surface area contributed by atoms with E-state index in [-0.39, 0.29) is 55.7 Å². The van der Waals surface area contributed by atoms with Gasteiger partial charge in [0.05, 0.1) is 16.4 Å². The molecule has 0 bridgehead atoms. The lowest BCUT2D eigenvalue weighted by molar-refractivity contribution is -0.385. The predicted octanol–water partition coefficient (Wildman–Crippen LogP) is 2.73. The average Bonchev–Trinajstić information content (AvgIpc) is 2.76. The first-order valence-corrected chi connectivity index (χ1v) is 11.5. The molecule has 1 aliphatic rings. The van der Waals surface area contributed by atoms with Gasteiger partial charge in [-0.05, 0) is 31.0 Å². The normalized spacial score (nSPS) is 14.9. The molecule has 1 heterocycles. The Hall–Kier alpha value is -3.05. The van der Waals surface area contributed by atoms with E-state index in [0.717, 1.165) is 6.07 Å². The molecule has 1 amide bonds. The van der Waals surface area contributed by atoms with Crippen molar-refractivity contribution in [3.05, 3.63) is 64.0 Å².